The molecule has 0 amide bonds. The Labute approximate surface area is 139 Å². The summed E-state index contributed by atoms with van der Waals surface area (Å²) in [5.74, 6) is -0.842. The fraction of sp³-hybridized carbons (Fsp3) is 0.105. The van der Waals surface area contributed by atoms with Crippen molar-refractivity contribution in [1.82, 2.24) is 4.98 Å². The average Bonchev–Trinajstić information content (AvgIpc) is 2.62. The summed E-state index contributed by atoms with van der Waals surface area (Å²) in [5, 5.41) is 14.4. The quantitative estimate of drug-likeness (QED) is 0.533. The van der Waals surface area contributed by atoms with Gasteiger partial charge in [-0.05, 0) is 17.7 Å². The van der Waals surface area contributed by atoms with Crippen molar-refractivity contribution >= 4 is 28.3 Å². The van der Waals surface area contributed by atoms with E-state index in [1.165, 1.54) is 0 Å². The van der Waals surface area contributed by atoms with Crippen molar-refractivity contribution in [3.8, 4) is 0 Å². The van der Waals surface area contributed by atoms with Gasteiger partial charge in [-0.25, -0.2) is 0 Å². The molecule has 3 aromatic rings. The van der Waals surface area contributed by atoms with E-state index in [1.807, 2.05) is 60.7 Å². The summed E-state index contributed by atoms with van der Waals surface area (Å²) < 4.78 is 0. The van der Waals surface area contributed by atoms with Crippen LogP contribution in [-0.2, 0) is 4.79 Å². The Hall–Kier alpha value is -3.21. The topological polar surface area (TPSA) is 74.6 Å². The molecule has 1 aromatic heterocycles. The molecule has 5 heteroatoms. The molecule has 0 atom stereocenters. The fourth-order valence-electron chi connectivity index (χ4n) is 2.44. The SMILES string of the molecule is O=C(O)CC/C(=N\Nc1cccc2cccnc12)c1ccccc1. The first-order valence-electron chi connectivity index (χ1n) is 7.67. The zero-order valence-electron chi connectivity index (χ0n) is 13.0. The van der Waals surface area contributed by atoms with E-state index < -0.39 is 5.97 Å². The van der Waals surface area contributed by atoms with Crippen LogP contribution in [0.2, 0.25) is 0 Å². The number of carbonyl (C=O) groups is 1. The van der Waals surface area contributed by atoms with Crippen LogP contribution in [0, 0.1) is 0 Å². The van der Waals surface area contributed by atoms with Crippen molar-refractivity contribution in [2.24, 2.45) is 5.10 Å². The highest BCUT2D eigenvalue weighted by molar-refractivity contribution is 6.02. The van der Waals surface area contributed by atoms with Gasteiger partial charge in [0.1, 0.15) is 0 Å². The van der Waals surface area contributed by atoms with Crippen LogP contribution in [0.5, 0.6) is 0 Å². The predicted molar refractivity (Wildman–Crippen MR) is 95.2 cm³/mol. The van der Waals surface area contributed by atoms with E-state index >= 15 is 0 Å². The molecule has 0 aliphatic rings. The highest BCUT2D eigenvalue weighted by Gasteiger charge is 2.07. The minimum atomic E-state index is -0.842. The van der Waals surface area contributed by atoms with Gasteiger partial charge in [0.25, 0.3) is 0 Å². The molecule has 2 aromatic carbocycles. The van der Waals surface area contributed by atoms with Gasteiger partial charge in [-0.3, -0.25) is 15.2 Å². The van der Waals surface area contributed by atoms with Crippen LogP contribution in [0.3, 0.4) is 0 Å². The van der Waals surface area contributed by atoms with Crippen molar-refractivity contribution in [2.75, 3.05) is 5.43 Å². The summed E-state index contributed by atoms with van der Waals surface area (Å²) in [6.45, 7) is 0. The van der Waals surface area contributed by atoms with E-state index in [4.69, 9.17) is 5.11 Å². The molecule has 1 heterocycles. The number of hydrogen-bond donors (Lipinski definition) is 2. The Balaban J connectivity index is 1.91. The highest BCUT2D eigenvalue weighted by Crippen LogP contribution is 2.21. The number of anilines is 1. The van der Waals surface area contributed by atoms with E-state index in [0.29, 0.717) is 12.1 Å². The third kappa shape index (κ3) is 3.76. The van der Waals surface area contributed by atoms with Gasteiger partial charge in [-0.1, -0.05) is 48.5 Å². The van der Waals surface area contributed by atoms with E-state index in [-0.39, 0.29) is 6.42 Å². The van der Waals surface area contributed by atoms with Crippen LogP contribution in [0.4, 0.5) is 5.69 Å². The van der Waals surface area contributed by atoms with Gasteiger partial charge in [0.05, 0.1) is 23.3 Å². The van der Waals surface area contributed by atoms with Crippen molar-refractivity contribution in [3.05, 3.63) is 72.4 Å². The first kappa shape index (κ1) is 15.7. The van der Waals surface area contributed by atoms with Crippen molar-refractivity contribution < 1.29 is 9.90 Å². The molecule has 2 N–H and O–H groups in total. The normalized spacial score (nSPS) is 11.4. The average molecular weight is 319 g/mol. The Kier molecular flexibility index (Phi) is 4.81. The number of nitrogens with one attached hydrogen (secondary N) is 1. The summed E-state index contributed by atoms with van der Waals surface area (Å²) in [5.41, 5.74) is 6.26. The minimum Gasteiger partial charge on any atom is -0.481 e. The second-order valence-electron chi connectivity index (χ2n) is 5.31. The third-order valence-electron chi connectivity index (χ3n) is 3.63. The summed E-state index contributed by atoms with van der Waals surface area (Å²) in [7, 11) is 0. The summed E-state index contributed by atoms with van der Waals surface area (Å²) in [6.07, 6.45) is 2.12. The highest BCUT2D eigenvalue weighted by atomic mass is 16.4. The maximum Gasteiger partial charge on any atom is 0.303 e. The Morgan fingerprint density at radius 3 is 2.58 bits per heavy atom. The first-order valence-corrected chi connectivity index (χ1v) is 7.67. The second-order valence-corrected chi connectivity index (χ2v) is 5.31. The van der Waals surface area contributed by atoms with Gasteiger partial charge < -0.3 is 5.11 Å². The smallest absolute Gasteiger partial charge is 0.303 e. The molecule has 0 saturated carbocycles. The van der Waals surface area contributed by atoms with Crippen molar-refractivity contribution in [1.29, 1.82) is 0 Å². The van der Waals surface area contributed by atoms with Crippen LogP contribution in [0.25, 0.3) is 10.9 Å². The molecule has 0 aliphatic carbocycles. The lowest BCUT2D eigenvalue weighted by atomic mass is 10.1. The second kappa shape index (κ2) is 7.37. The molecule has 0 radical (unpaired) electrons. The zero-order valence-corrected chi connectivity index (χ0v) is 13.0. The number of carboxylic acids is 1. The maximum atomic E-state index is 10.9. The Morgan fingerprint density at radius 2 is 1.79 bits per heavy atom. The zero-order chi connectivity index (χ0) is 16.8. The van der Waals surface area contributed by atoms with E-state index in [1.54, 1.807) is 6.20 Å². The van der Waals surface area contributed by atoms with Gasteiger partial charge in [0.15, 0.2) is 0 Å². The number of benzene rings is 2. The molecule has 0 aliphatic heterocycles. The van der Waals surface area contributed by atoms with Crippen molar-refractivity contribution in [3.63, 3.8) is 0 Å². The van der Waals surface area contributed by atoms with E-state index in [0.717, 1.165) is 22.2 Å². The largest absolute Gasteiger partial charge is 0.481 e. The van der Waals surface area contributed by atoms with E-state index in [9.17, 15) is 4.79 Å². The molecular weight excluding hydrogens is 302 g/mol. The van der Waals surface area contributed by atoms with Crippen LogP contribution in [0.15, 0.2) is 72.0 Å². The first-order chi connectivity index (χ1) is 11.7. The number of hydrogen-bond acceptors (Lipinski definition) is 4. The van der Waals surface area contributed by atoms with Crippen LogP contribution in [-0.4, -0.2) is 21.8 Å². The van der Waals surface area contributed by atoms with E-state index in [2.05, 4.69) is 15.5 Å². The summed E-state index contributed by atoms with van der Waals surface area (Å²) in [6, 6.07) is 19.3. The number of aromatic nitrogens is 1. The lowest BCUT2D eigenvalue weighted by Crippen LogP contribution is -2.08. The number of pyridine rings is 1. The molecule has 0 spiro atoms. The predicted octanol–water partition coefficient (Wildman–Crippen LogP) is 3.92. The Bertz CT molecular complexity index is 871. The molecule has 0 saturated heterocycles. The molecule has 0 bridgehead atoms. The van der Waals surface area contributed by atoms with Gasteiger partial charge in [-0.2, -0.15) is 5.10 Å². The van der Waals surface area contributed by atoms with Crippen LogP contribution >= 0.6 is 0 Å². The number of hydrazone groups is 1. The lowest BCUT2D eigenvalue weighted by Gasteiger charge is -2.09. The fourth-order valence-corrected chi connectivity index (χ4v) is 2.44. The number of aliphatic carboxylic acids is 1. The Morgan fingerprint density at radius 1 is 1.00 bits per heavy atom. The monoisotopic (exact) mass is 319 g/mol. The summed E-state index contributed by atoms with van der Waals surface area (Å²) in [4.78, 5) is 15.3. The molecule has 24 heavy (non-hydrogen) atoms. The molecule has 3 rings (SSSR count). The molecule has 5 nitrogen and oxygen atoms in total. The van der Waals surface area contributed by atoms with Gasteiger partial charge in [-0.15, -0.1) is 0 Å². The molecule has 0 fully saturated rings. The number of nitrogens with zero attached hydrogens (tertiary/aromatic N) is 2. The van der Waals surface area contributed by atoms with Gasteiger partial charge >= 0.3 is 5.97 Å². The molecule has 120 valence electrons. The number of carboxylic acid groups (broad SMARTS) is 1. The van der Waals surface area contributed by atoms with Gasteiger partial charge in [0, 0.05) is 18.0 Å². The molecular formula is C19H17N3O2. The molecule has 0 unspecified atom stereocenters. The van der Waals surface area contributed by atoms with Crippen LogP contribution < -0.4 is 5.43 Å². The minimum absolute atomic E-state index is 0.0309. The standard InChI is InChI=1S/C19H17N3O2/c23-18(24)12-11-16(14-6-2-1-3-7-14)21-22-17-10-4-8-15-9-5-13-20-19(15)17/h1-10,13,22H,11-12H2,(H,23,24)/b21-16+. The number of para-hydroxylation sites is 1. The maximum absolute atomic E-state index is 10.9. The summed E-state index contributed by atoms with van der Waals surface area (Å²) >= 11 is 0. The number of fused-ring (bicyclic) bond motifs is 1. The third-order valence-corrected chi connectivity index (χ3v) is 3.63. The lowest BCUT2D eigenvalue weighted by molar-refractivity contribution is -0.136. The van der Waals surface area contributed by atoms with Gasteiger partial charge in [0.2, 0.25) is 0 Å². The number of rotatable bonds is 6. The van der Waals surface area contributed by atoms with Crippen LogP contribution in [0.1, 0.15) is 18.4 Å². The van der Waals surface area contributed by atoms with Crippen molar-refractivity contribution in [2.45, 2.75) is 12.8 Å².